The Morgan fingerprint density at radius 3 is 2.32 bits per heavy atom. The standard InChI is InChI=1S/C16H23N3/c1-19(15-9-14(17)2-3-18-15)16-12-5-10-4-11(7-12)8-13(16)6-10/h2-3,9-13,16H,4-8H2,1H3,(H2,17,18). The van der Waals surface area contributed by atoms with Crippen LogP contribution < -0.4 is 10.6 Å². The van der Waals surface area contributed by atoms with Gasteiger partial charge in [-0.25, -0.2) is 4.98 Å². The minimum Gasteiger partial charge on any atom is -0.399 e. The Morgan fingerprint density at radius 2 is 1.74 bits per heavy atom. The highest BCUT2D eigenvalue weighted by atomic mass is 15.2. The third kappa shape index (κ3) is 1.82. The van der Waals surface area contributed by atoms with E-state index in [0.717, 1.165) is 35.2 Å². The van der Waals surface area contributed by atoms with Crippen LogP contribution in [0.15, 0.2) is 18.3 Å². The van der Waals surface area contributed by atoms with Crippen LogP contribution in [0, 0.1) is 23.7 Å². The fourth-order valence-corrected chi connectivity index (χ4v) is 5.31. The van der Waals surface area contributed by atoms with E-state index in [2.05, 4.69) is 16.9 Å². The number of hydrogen-bond donors (Lipinski definition) is 1. The van der Waals surface area contributed by atoms with Crippen molar-refractivity contribution < 1.29 is 0 Å². The Hall–Kier alpha value is -1.25. The number of rotatable bonds is 2. The minimum atomic E-state index is 0.696. The summed E-state index contributed by atoms with van der Waals surface area (Å²) in [5.41, 5.74) is 6.72. The summed E-state index contributed by atoms with van der Waals surface area (Å²) in [6.07, 6.45) is 9.14. The lowest BCUT2D eigenvalue weighted by Crippen LogP contribution is -2.55. The van der Waals surface area contributed by atoms with Gasteiger partial charge in [-0.15, -0.1) is 0 Å². The second kappa shape index (κ2) is 4.12. The molecule has 0 atom stereocenters. The summed E-state index contributed by atoms with van der Waals surface area (Å²) in [7, 11) is 2.22. The molecule has 2 N–H and O–H groups in total. The third-order valence-electron chi connectivity index (χ3n) is 5.76. The van der Waals surface area contributed by atoms with Crippen molar-refractivity contribution in [1.29, 1.82) is 0 Å². The zero-order chi connectivity index (χ0) is 13.0. The number of anilines is 2. The summed E-state index contributed by atoms with van der Waals surface area (Å²) >= 11 is 0. The van der Waals surface area contributed by atoms with Gasteiger partial charge in [-0.05, 0) is 61.8 Å². The Kier molecular flexibility index (Phi) is 2.51. The van der Waals surface area contributed by atoms with E-state index < -0.39 is 0 Å². The first-order valence-electron chi connectivity index (χ1n) is 7.65. The Labute approximate surface area is 115 Å². The molecule has 1 heterocycles. The molecule has 0 unspecified atom stereocenters. The molecule has 0 amide bonds. The van der Waals surface area contributed by atoms with Gasteiger partial charge in [0.2, 0.25) is 0 Å². The Bertz CT molecular complexity index is 457. The van der Waals surface area contributed by atoms with E-state index in [1.54, 1.807) is 0 Å². The highest BCUT2D eigenvalue weighted by molar-refractivity contribution is 5.50. The van der Waals surface area contributed by atoms with E-state index in [9.17, 15) is 0 Å². The summed E-state index contributed by atoms with van der Waals surface area (Å²) in [5.74, 6) is 4.90. The van der Waals surface area contributed by atoms with Gasteiger partial charge >= 0.3 is 0 Å². The van der Waals surface area contributed by atoms with Gasteiger partial charge in [-0.2, -0.15) is 0 Å². The molecule has 1 aromatic rings. The maximum absolute atomic E-state index is 5.90. The first-order valence-corrected chi connectivity index (χ1v) is 7.65. The van der Waals surface area contributed by atoms with Crippen LogP contribution in [0.3, 0.4) is 0 Å². The van der Waals surface area contributed by atoms with Gasteiger partial charge in [-0.1, -0.05) is 0 Å². The average Bonchev–Trinajstić information content (AvgIpc) is 2.37. The zero-order valence-corrected chi connectivity index (χ0v) is 11.6. The van der Waals surface area contributed by atoms with Gasteiger partial charge in [0.25, 0.3) is 0 Å². The van der Waals surface area contributed by atoms with E-state index in [4.69, 9.17) is 5.73 Å². The molecule has 19 heavy (non-hydrogen) atoms. The van der Waals surface area contributed by atoms with Crippen LogP contribution in [0.4, 0.5) is 11.5 Å². The van der Waals surface area contributed by atoms with Crippen molar-refractivity contribution in [2.24, 2.45) is 23.7 Å². The van der Waals surface area contributed by atoms with E-state index >= 15 is 0 Å². The van der Waals surface area contributed by atoms with Crippen LogP contribution in [0.2, 0.25) is 0 Å². The fourth-order valence-electron chi connectivity index (χ4n) is 5.31. The molecule has 4 bridgehead atoms. The number of nitrogens with two attached hydrogens (primary N) is 1. The van der Waals surface area contributed by atoms with Crippen LogP contribution in [0.25, 0.3) is 0 Å². The predicted octanol–water partition coefficient (Wildman–Crippen LogP) is 2.92. The number of pyridine rings is 1. The van der Waals surface area contributed by atoms with Crippen LogP contribution in [-0.2, 0) is 0 Å². The smallest absolute Gasteiger partial charge is 0.130 e. The first-order chi connectivity index (χ1) is 9.20. The molecule has 102 valence electrons. The van der Waals surface area contributed by atoms with Crippen LogP contribution >= 0.6 is 0 Å². The van der Waals surface area contributed by atoms with E-state index in [1.807, 2.05) is 18.3 Å². The highest BCUT2D eigenvalue weighted by Crippen LogP contribution is 2.55. The molecule has 0 aromatic carbocycles. The molecular weight excluding hydrogens is 234 g/mol. The van der Waals surface area contributed by atoms with Gasteiger partial charge < -0.3 is 10.6 Å². The first kappa shape index (κ1) is 11.6. The molecule has 1 aromatic heterocycles. The monoisotopic (exact) mass is 257 g/mol. The lowest BCUT2D eigenvalue weighted by Gasteiger charge is -2.56. The fraction of sp³-hybridized carbons (Fsp3) is 0.688. The minimum absolute atomic E-state index is 0.696. The van der Waals surface area contributed by atoms with Crippen molar-refractivity contribution in [2.75, 3.05) is 17.7 Å². The van der Waals surface area contributed by atoms with Crippen LogP contribution in [-0.4, -0.2) is 18.1 Å². The SMILES string of the molecule is CN(c1cc(N)ccn1)C1C2CC3CC(C2)CC1C3. The summed E-state index contributed by atoms with van der Waals surface area (Å²) < 4.78 is 0. The van der Waals surface area contributed by atoms with E-state index in [-0.39, 0.29) is 0 Å². The van der Waals surface area contributed by atoms with Crippen molar-refractivity contribution in [3.63, 3.8) is 0 Å². The van der Waals surface area contributed by atoms with Crippen LogP contribution in [0.1, 0.15) is 32.1 Å². The number of nitrogens with zero attached hydrogens (tertiary/aromatic N) is 2. The third-order valence-corrected chi connectivity index (χ3v) is 5.76. The molecule has 3 nitrogen and oxygen atoms in total. The van der Waals surface area contributed by atoms with Gasteiger partial charge in [0, 0.05) is 31.0 Å². The van der Waals surface area contributed by atoms with Gasteiger partial charge in [-0.3, -0.25) is 0 Å². The molecular formula is C16H23N3. The Balaban J connectivity index is 1.62. The quantitative estimate of drug-likeness (QED) is 0.885. The van der Waals surface area contributed by atoms with E-state index in [0.29, 0.717) is 6.04 Å². The average molecular weight is 257 g/mol. The lowest BCUT2D eigenvalue weighted by atomic mass is 9.54. The maximum atomic E-state index is 5.90. The van der Waals surface area contributed by atoms with Gasteiger partial charge in [0.1, 0.15) is 5.82 Å². The van der Waals surface area contributed by atoms with Crippen molar-refractivity contribution in [3.8, 4) is 0 Å². The summed E-state index contributed by atoms with van der Waals surface area (Å²) in [6, 6.07) is 4.58. The molecule has 0 aliphatic heterocycles. The summed E-state index contributed by atoms with van der Waals surface area (Å²) in [5, 5.41) is 0. The zero-order valence-electron chi connectivity index (χ0n) is 11.6. The Morgan fingerprint density at radius 1 is 1.11 bits per heavy atom. The molecule has 0 spiro atoms. The molecule has 4 aliphatic rings. The summed E-state index contributed by atoms with van der Waals surface area (Å²) in [4.78, 5) is 6.94. The van der Waals surface area contributed by atoms with Gasteiger partial charge in [0.15, 0.2) is 0 Å². The molecule has 4 aliphatic carbocycles. The molecule has 0 radical (unpaired) electrons. The van der Waals surface area contributed by atoms with Gasteiger partial charge in [0.05, 0.1) is 0 Å². The molecule has 4 fully saturated rings. The molecule has 0 saturated heterocycles. The summed E-state index contributed by atoms with van der Waals surface area (Å²) in [6.45, 7) is 0. The molecule has 3 heteroatoms. The normalized spacial score (nSPS) is 39.5. The second-order valence-corrected chi connectivity index (χ2v) is 6.98. The topological polar surface area (TPSA) is 42.1 Å². The van der Waals surface area contributed by atoms with Crippen molar-refractivity contribution >= 4 is 11.5 Å². The van der Waals surface area contributed by atoms with Crippen molar-refractivity contribution in [3.05, 3.63) is 18.3 Å². The van der Waals surface area contributed by atoms with Crippen molar-refractivity contribution in [2.45, 2.75) is 38.1 Å². The number of aromatic nitrogens is 1. The predicted molar refractivity (Wildman–Crippen MR) is 77.9 cm³/mol. The number of hydrogen-bond acceptors (Lipinski definition) is 3. The molecule has 4 saturated carbocycles. The lowest BCUT2D eigenvalue weighted by molar-refractivity contribution is -0.00142. The second-order valence-electron chi connectivity index (χ2n) is 6.98. The highest BCUT2D eigenvalue weighted by Gasteiger charge is 2.49. The number of nitrogen functional groups attached to an aromatic ring is 1. The van der Waals surface area contributed by atoms with E-state index in [1.165, 1.54) is 32.1 Å². The van der Waals surface area contributed by atoms with Crippen molar-refractivity contribution in [1.82, 2.24) is 4.98 Å². The maximum Gasteiger partial charge on any atom is 0.130 e. The molecule has 5 rings (SSSR count). The van der Waals surface area contributed by atoms with Crippen LogP contribution in [0.5, 0.6) is 0 Å². The largest absolute Gasteiger partial charge is 0.399 e.